The summed E-state index contributed by atoms with van der Waals surface area (Å²) in [5.74, 6) is 0.0107. The van der Waals surface area contributed by atoms with Crippen LogP contribution in [0, 0.1) is 12.7 Å². The van der Waals surface area contributed by atoms with Crippen LogP contribution in [0.25, 0.3) is 16.7 Å². The van der Waals surface area contributed by atoms with Crippen molar-refractivity contribution in [2.24, 2.45) is 0 Å². The van der Waals surface area contributed by atoms with Crippen LogP contribution in [-0.4, -0.2) is 31.8 Å². The molecule has 4 rings (SSSR count). The molecule has 1 amide bonds. The van der Waals surface area contributed by atoms with Gasteiger partial charge < -0.3 is 5.32 Å². The quantitative estimate of drug-likeness (QED) is 0.499. The van der Waals surface area contributed by atoms with Crippen molar-refractivity contribution in [3.63, 3.8) is 0 Å². The smallest absolute Gasteiger partial charge is 0.264 e. The Kier molecular flexibility index (Phi) is 5.88. The third kappa shape index (κ3) is 4.53. The molecule has 2 heterocycles. The summed E-state index contributed by atoms with van der Waals surface area (Å²) < 4.78 is 16.2. The van der Waals surface area contributed by atoms with Crippen molar-refractivity contribution in [3.8, 4) is 5.69 Å². The van der Waals surface area contributed by atoms with E-state index >= 15 is 0 Å². The van der Waals surface area contributed by atoms with Crippen molar-refractivity contribution in [1.29, 1.82) is 0 Å². The second-order valence-corrected chi connectivity index (χ2v) is 7.22. The van der Waals surface area contributed by atoms with Gasteiger partial charge in [-0.25, -0.2) is 14.1 Å². The van der Waals surface area contributed by atoms with Crippen LogP contribution in [0.1, 0.15) is 17.8 Å². The molecule has 1 N–H and O–H groups in total. The summed E-state index contributed by atoms with van der Waals surface area (Å²) in [6.45, 7) is 2.49. The number of aromatic nitrogens is 4. The molecule has 8 heteroatoms. The highest BCUT2D eigenvalue weighted by Gasteiger charge is 2.15. The zero-order valence-electron chi connectivity index (χ0n) is 17.1. The van der Waals surface area contributed by atoms with Crippen LogP contribution < -0.4 is 10.9 Å². The van der Waals surface area contributed by atoms with Crippen molar-refractivity contribution in [1.82, 2.24) is 24.6 Å². The number of rotatable bonds is 7. The molecule has 7 nitrogen and oxygen atoms in total. The maximum absolute atomic E-state index is 13.2. The number of benzene rings is 2. The third-order valence-corrected chi connectivity index (χ3v) is 5.09. The van der Waals surface area contributed by atoms with Gasteiger partial charge in [-0.1, -0.05) is 30.3 Å². The fourth-order valence-electron chi connectivity index (χ4n) is 3.43. The predicted molar refractivity (Wildman–Crippen MR) is 116 cm³/mol. The fourth-order valence-corrected chi connectivity index (χ4v) is 3.43. The SMILES string of the molecule is Cc1nc2c(cnn2-c2ccc(F)cc2)c(=O)n1CCC(=O)NCCc1ccccc1. The van der Waals surface area contributed by atoms with Crippen molar-refractivity contribution in [2.45, 2.75) is 26.3 Å². The molecular formula is C23H22FN5O2. The standard InChI is InChI=1S/C23H22FN5O2/c1-16-27-22-20(15-26-29(22)19-9-7-18(24)8-10-19)23(31)28(16)14-12-21(30)25-13-11-17-5-3-2-4-6-17/h2-10,15H,11-14H2,1H3,(H,25,30). The number of amides is 1. The summed E-state index contributed by atoms with van der Waals surface area (Å²) in [5, 5.41) is 7.47. The number of nitrogens with one attached hydrogen (secondary N) is 1. The molecule has 4 aromatic rings. The number of nitrogens with zero attached hydrogens (tertiary/aromatic N) is 4. The number of carbonyl (C=O) groups is 1. The van der Waals surface area contributed by atoms with Crippen LogP contribution in [0.2, 0.25) is 0 Å². The molecule has 0 aliphatic rings. The molecule has 158 valence electrons. The van der Waals surface area contributed by atoms with Gasteiger partial charge in [0.25, 0.3) is 5.56 Å². The van der Waals surface area contributed by atoms with E-state index < -0.39 is 0 Å². The normalized spacial score (nSPS) is 11.0. The van der Waals surface area contributed by atoms with E-state index in [1.165, 1.54) is 27.6 Å². The van der Waals surface area contributed by atoms with E-state index in [9.17, 15) is 14.0 Å². The topological polar surface area (TPSA) is 81.8 Å². The molecule has 0 aliphatic heterocycles. The number of aryl methyl sites for hydroxylation is 1. The molecule has 0 atom stereocenters. The van der Waals surface area contributed by atoms with Gasteiger partial charge in [0.05, 0.1) is 11.9 Å². The van der Waals surface area contributed by atoms with Gasteiger partial charge in [0.15, 0.2) is 5.65 Å². The summed E-state index contributed by atoms with van der Waals surface area (Å²) >= 11 is 0. The highest BCUT2D eigenvalue weighted by molar-refractivity contribution is 5.76. The molecule has 0 unspecified atom stereocenters. The van der Waals surface area contributed by atoms with Gasteiger partial charge in [-0.3, -0.25) is 14.2 Å². The molecule has 0 saturated carbocycles. The van der Waals surface area contributed by atoms with Crippen molar-refractivity contribution in [2.75, 3.05) is 6.54 Å². The maximum atomic E-state index is 13.2. The summed E-state index contributed by atoms with van der Waals surface area (Å²) in [4.78, 5) is 29.7. The van der Waals surface area contributed by atoms with Crippen LogP contribution in [0.3, 0.4) is 0 Å². The van der Waals surface area contributed by atoms with Crippen LogP contribution in [0.15, 0.2) is 65.6 Å². The highest BCUT2D eigenvalue weighted by atomic mass is 19.1. The Morgan fingerprint density at radius 3 is 2.58 bits per heavy atom. The Morgan fingerprint density at radius 1 is 1.10 bits per heavy atom. The second kappa shape index (κ2) is 8.91. The van der Waals surface area contributed by atoms with Crippen molar-refractivity contribution in [3.05, 3.63) is 88.4 Å². The lowest BCUT2D eigenvalue weighted by molar-refractivity contribution is -0.121. The molecule has 0 radical (unpaired) electrons. The molecule has 0 saturated heterocycles. The molecular weight excluding hydrogens is 397 g/mol. The lowest BCUT2D eigenvalue weighted by Crippen LogP contribution is -2.30. The molecule has 0 bridgehead atoms. The Balaban J connectivity index is 1.45. The van der Waals surface area contributed by atoms with Crippen LogP contribution in [0.4, 0.5) is 4.39 Å². The highest BCUT2D eigenvalue weighted by Crippen LogP contribution is 2.15. The molecule has 2 aromatic heterocycles. The average Bonchev–Trinajstić information content (AvgIpc) is 3.19. The lowest BCUT2D eigenvalue weighted by Gasteiger charge is -2.11. The first-order valence-electron chi connectivity index (χ1n) is 10.0. The van der Waals surface area contributed by atoms with Gasteiger partial charge >= 0.3 is 0 Å². The first-order valence-corrected chi connectivity index (χ1v) is 10.0. The fraction of sp³-hybridized carbons (Fsp3) is 0.217. The van der Waals surface area contributed by atoms with E-state index in [1.807, 2.05) is 30.3 Å². The largest absolute Gasteiger partial charge is 0.356 e. The summed E-state index contributed by atoms with van der Waals surface area (Å²) in [6, 6.07) is 15.7. The number of hydrogen-bond acceptors (Lipinski definition) is 4. The minimum absolute atomic E-state index is 0.121. The third-order valence-electron chi connectivity index (χ3n) is 5.09. The summed E-state index contributed by atoms with van der Waals surface area (Å²) in [5.41, 5.74) is 1.91. The predicted octanol–water partition coefficient (Wildman–Crippen LogP) is 2.78. The van der Waals surface area contributed by atoms with Gasteiger partial charge in [0.1, 0.15) is 17.0 Å². The first kappa shape index (κ1) is 20.5. The van der Waals surface area contributed by atoms with Gasteiger partial charge in [0, 0.05) is 19.5 Å². The van der Waals surface area contributed by atoms with Gasteiger partial charge in [-0.15, -0.1) is 0 Å². The van der Waals surface area contributed by atoms with Crippen LogP contribution in [-0.2, 0) is 17.8 Å². The number of hydrogen-bond donors (Lipinski definition) is 1. The van der Waals surface area contributed by atoms with Gasteiger partial charge in [0.2, 0.25) is 5.91 Å². The molecule has 2 aromatic carbocycles. The summed E-state index contributed by atoms with van der Waals surface area (Å²) in [6.07, 6.45) is 2.38. The Bertz CT molecular complexity index is 1260. The van der Waals surface area contributed by atoms with E-state index in [-0.39, 0.29) is 30.2 Å². The van der Waals surface area contributed by atoms with E-state index in [0.717, 1.165) is 12.0 Å². The zero-order valence-corrected chi connectivity index (χ0v) is 17.1. The average molecular weight is 419 g/mol. The van der Waals surface area contributed by atoms with Crippen molar-refractivity contribution < 1.29 is 9.18 Å². The molecule has 31 heavy (non-hydrogen) atoms. The maximum Gasteiger partial charge on any atom is 0.264 e. The lowest BCUT2D eigenvalue weighted by atomic mass is 10.1. The second-order valence-electron chi connectivity index (χ2n) is 7.22. The van der Waals surface area contributed by atoms with E-state index in [2.05, 4.69) is 15.4 Å². The molecule has 0 aliphatic carbocycles. The van der Waals surface area contributed by atoms with Crippen LogP contribution >= 0.6 is 0 Å². The Morgan fingerprint density at radius 2 is 1.84 bits per heavy atom. The van der Waals surface area contributed by atoms with Crippen LogP contribution in [0.5, 0.6) is 0 Å². The Hall–Kier alpha value is -3.81. The minimum Gasteiger partial charge on any atom is -0.356 e. The van der Waals surface area contributed by atoms with E-state index in [1.54, 1.807) is 19.1 Å². The minimum atomic E-state index is -0.353. The number of halogens is 1. The van der Waals surface area contributed by atoms with Gasteiger partial charge in [-0.05, 0) is 43.2 Å². The Labute approximate surface area is 178 Å². The molecule has 0 fully saturated rings. The number of carbonyl (C=O) groups excluding carboxylic acids is 1. The van der Waals surface area contributed by atoms with Crippen molar-refractivity contribution >= 4 is 16.9 Å². The summed E-state index contributed by atoms with van der Waals surface area (Å²) in [7, 11) is 0. The zero-order chi connectivity index (χ0) is 21.8. The first-order chi connectivity index (χ1) is 15.0. The van der Waals surface area contributed by atoms with Gasteiger partial charge in [-0.2, -0.15) is 5.10 Å². The van der Waals surface area contributed by atoms with E-state index in [0.29, 0.717) is 29.1 Å². The molecule has 0 spiro atoms. The monoisotopic (exact) mass is 419 g/mol. The number of fused-ring (bicyclic) bond motifs is 1. The van der Waals surface area contributed by atoms with E-state index in [4.69, 9.17) is 0 Å².